The lowest BCUT2D eigenvalue weighted by atomic mass is 10.2. The maximum absolute atomic E-state index is 12.0. The number of hydrogen-bond donors (Lipinski definition) is 2. The molecule has 0 spiro atoms. The molecule has 2 aromatic carbocycles. The van der Waals surface area contributed by atoms with E-state index < -0.39 is 12.2 Å². The second-order valence-corrected chi connectivity index (χ2v) is 5.96. The topological polar surface area (TPSA) is 89.0 Å². The molecule has 28 heavy (non-hydrogen) atoms. The molecule has 0 radical (unpaired) electrons. The molecule has 7 nitrogen and oxygen atoms in total. The molecule has 2 aromatic rings. The zero-order valence-corrected chi connectivity index (χ0v) is 15.9. The quantitative estimate of drug-likeness (QED) is 0.430. The minimum Gasteiger partial charge on any atom is -0.444 e. The molecule has 2 amide bonds. The van der Waals surface area contributed by atoms with Gasteiger partial charge in [0.15, 0.2) is 0 Å². The maximum Gasteiger partial charge on any atom is 0.414 e. The van der Waals surface area contributed by atoms with E-state index >= 15 is 0 Å². The Bertz CT molecular complexity index is 704. The molecule has 2 N–H and O–H groups in total. The molecule has 2 rings (SSSR count). The number of aliphatic imine (C=N–C) groups is 1. The van der Waals surface area contributed by atoms with Gasteiger partial charge in [0.05, 0.1) is 0 Å². The van der Waals surface area contributed by atoms with Gasteiger partial charge in [-0.25, -0.2) is 9.59 Å². The van der Waals surface area contributed by atoms with Crippen LogP contribution in [0.1, 0.15) is 30.9 Å². The number of amides is 2. The summed E-state index contributed by atoms with van der Waals surface area (Å²) in [5.74, 6) is 0.00423. The Morgan fingerprint density at radius 1 is 0.821 bits per heavy atom. The summed E-state index contributed by atoms with van der Waals surface area (Å²) >= 11 is 0. The number of nitrogens with zero attached hydrogens (tertiary/aromatic N) is 1. The van der Waals surface area contributed by atoms with Crippen LogP contribution in [0.5, 0.6) is 0 Å². The van der Waals surface area contributed by atoms with Crippen LogP contribution in [0.3, 0.4) is 0 Å². The van der Waals surface area contributed by atoms with Gasteiger partial charge in [-0.1, -0.05) is 74.0 Å². The largest absolute Gasteiger partial charge is 0.444 e. The van der Waals surface area contributed by atoms with E-state index in [1.165, 1.54) is 0 Å². The normalized spacial score (nSPS) is 9.89. The highest BCUT2D eigenvalue weighted by molar-refractivity contribution is 6.01. The number of nitrogens with one attached hydrogen (secondary N) is 2. The van der Waals surface area contributed by atoms with Gasteiger partial charge >= 0.3 is 12.2 Å². The summed E-state index contributed by atoms with van der Waals surface area (Å²) in [6, 6.07) is 18.6. The van der Waals surface area contributed by atoms with Crippen LogP contribution in [-0.2, 0) is 22.7 Å². The van der Waals surface area contributed by atoms with Crippen LogP contribution < -0.4 is 10.6 Å². The van der Waals surface area contributed by atoms with Gasteiger partial charge in [0.1, 0.15) is 13.2 Å². The van der Waals surface area contributed by atoms with E-state index in [4.69, 9.17) is 9.47 Å². The van der Waals surface area contributed by atoms with Crippen LogP contribution in [0, 0.1) is 0 Å². The van der Waals surface area contributed by atoms with E-state index in [-0.39, 0.29) is 19.2 Å². The van der Waals surface area contributed by atoms with Crippen molar-refractivity contribution in [3.05, 3.63) is 71.8 Å². The predicted octanol–water partition coefficient (Wildman–Crippen LogP) is 4.00. The van der Waals surface area contributed by atoms with E-state index in [9.17, 15) is 9.59 Å². The lowest BCUT2D eigenvalue weighted by Crippen LogP contribution is -2.44. The fourth-order valence-electron chi connectivity index (χ4n) is 2.17. The average molecular weight is 383 g/mol. The third-order valence-corrected chi connectivity index (χ3v) is 3.65. The number of ether oxygens (including phenoxy) is 2. The number of hydrogen-bond acceptors (Lipinski definition) is 5. The molecule has 148 valence electrons. The van der Waals surface area contributed by atoms with E-state index in [0.29, 0.717) is 6.54 Å². The second kappa shape index (κ2) is 12.1. The average Bonchev–Trinajstić information content (AvgIpc) is 2.72. The summed E-state index contributed by atoms with van der Waals surface area (Å²) in [5, 5.41) is 4.90. The lowest BCUT2D eigenvalue weighted by molar-refractivity contribution is 0.141. The summed E-state index contributed by atoms with van der Waals surface area (Å²) in [6.45, 7) is 2.72. The van der Waals surface area contributed by atoms with Crippen LogP contribution in [0.4, 0.5) is 9.59 Å². The minimum absolute atomic E-state index is 0.00423. The van der Waals surface area contributed by atoms with Crippen LogP contribution in [-0.4, -0.2) is 24.7 Å². The van der Waals surface area contributed by atoms with Crippen molar-refractivity contribution in [3.63, 3.8) is 0 Å². The minimum atomic E-state index is -0.706. The molecule has 0 saturated heterocycles. The highest BCUT2D eigenvalue weighted by atomic mass is 16.6. The van der Waals surface area contributed by atoms with Gasteiger partial charge in [-0.3, -0.25) is 15.6 Å². The van der Waals surface area contributed by atoms with Crippen molar-refractivity contribution in [2.75, 3.05) is 6.54 Å². The smallest absolute Gasteiger partial charge is 0.414 e. The van der Waals surface area contributed by atoms with Crippen molar-refractivity contribution >= 4 is 18.1 Å². The Labute approximate surface area is 164 Å². The van der Waals surface area contributed by atoms with E-state index in [2.05, 4.69) is 15.6 Å². The Hall–Kier alpha value is -3.35. The number of rotatable bonds is 7. The summed E-state index contributed by atoms with van der Waals surface area (Å²) in [7, 11) is 0. The summed E-state index contributed by atoms with van der Waals surface area (Å²) in [6.07, 6.45) is 0.350. The van der Waals surface area contributed by atoms with Crippen LogP contribution in [0.2, 0.25) is 0 Å². The van der Waals surface area contributed by atoms with Crippen LogP contribution in [0.25, 0.3) is 0 Å². The van der Waals surface area contributed by atoms with Crippen molar-refractivity contribution < 1.29 is 19.1 Å². The molecule has 0 unspecified atom stereocenters. The summed E-state index contributed by atoms with van der Waals surface area (Å²) in [4.78, 5) is 28.2. The molecule has 0 aliphatic carbocycles. The molecule has 0 aliphatic heterocycles. The Kier molecular flexibility index (Phi) is 9.06. The maximum atomic E-state index is 12.0. The van der Waals surface area contributed by atoms with Crippen LogP contribution in [0.15, 0.2) is 65.7 Å². The lowest BCUT2D eigenvalue weighted by Gasteiger charge is -2.11. The molecule has 0 aliphatic rings. The first-order valence-corrected chi connectivity index (χ1v) is 9.17. The highest BCUT2D eigenvalue weighted by Gasteiger charge is 2.12. The first-order valence-electron chi connectivity index (χ1n) is 9.17. The molecule has 7 heteroatoms. The molecular weight excluding hydrogens is 358 g/mol. The Balaban J connectivity index is 1.84. The Morgan fingerprint density at radius 3 is 1.71 bits per heavy atom. The van der Waals surface area contributed by atoms with Crippen LogP contribution >= 0.6 is 0 Å². The first kappa shape index (κ1) is 21.0. The zero-order chi connectivity index (χ0) is 20.0. The second-order valence-electron chi connectivity index (χ2n) is 5.96. The SMILES string of the molecule is CCCCN=C(NC(=O)OCc1ccccc1)NC(=O)OCc1ccccc1. The predicted molar refractivity (Wildman–Crippen MR) is 107 cm³/mol. The number of unbranched alkanes of at least 4 members (excludes halogenated alkanes) is 1. The Morgan fingerprint density at radius 2 is 1.29 bits per heavy atom. The third kappa shape index (κ3) is 8.35. The van der Waals surface area contributed by atoms with Crippen molar-refractivity contribution in [2.45, 2.75) is 33.0 Å². The van der Waals surface area contributed by atoms with Crippen molar-refractivity contribution in [2.24, 2.45) is 4.99 Å². The molecule has 0 aromatic heterocycles. The van der Waals surface area contributed by atoms with Gasteiger partial charge in [0.2, 0.25) is 5.96 Å². The van der Waals surface area contributed by atoms with Crippen molar-refractivity contribution in [1.29, 1.82) is 0 Å². The van der Waals surface area contributed by atoms with Gasteiger partial charge in [0, 0.05) is 6.54 Å². The molecule has 0 atom stereocenters. The van der Waals surface area contributed by atoms with Gasteiger partial charge in [0.25, 0.3) is 0 Å². The van der Waals surface area contributed by atoms with Gasteiger partial charge in [-0.15, -0.1) is 0 Å². The standard InChI is InChI=1S/C21H25N3O4/c1-2-3-14-22-19(23-20(25)27-15-17-10-6-4-7-11-17)24-21(26)28-16-18-12-8-5-9-13-18/h4-13H,2-3,14-16H2,1H3,(H2,22,23,24,25,26). The number of benzene rings is 2. The van der Waals surface area contributed by atoms with Crippen molar-refractivity contribution in [3.8, 4) is 0 Å². The summed E-state index contributed by atoms with van der Waals surface area (Å²) in [5.41, 5.74) is 1.72. The fourth-order valence-corrected chi connectivity index (χ4v) is 2.17. The number of carbonyl (C=O) groups excluding carboxylic acids is 2. The number of carbonyl (C=O) groups is 2. The fraction of sp³-hybridized carbons (Fsp3) is 0.286. The highest BCUT2D eigenvalue weighted by Crippen LogP contribution is 2.01. The van der Waals surface area contributed by atoms with Gasteiger partial charge in [-0.2, -0.15) is 0 Å². The monoisotopic (exact) mass is 383 g/mol. The third-order valence-electron chi connectivity index (χ3n) is 3.65. The van der Waals surface area contributed by atoms with Crippen molar-refractivity contribution in [1.82, 2.24) is 10.6 Å². The zero-order valence-electron chi connectivity index (χ0n) is 15.9. The molecule has 0 heterocycles. The molecule has 0 fully saturated rings. The van der Waals surface area contributed by atoms with Gasteiger partial charge < -0.3 is 9.47 Å². The number of guanidine groups is 1. The number of alkyl carbamates (subject to hydrolysis) is 2. The summed E-state index contributed by atoms with van der Waals surface area (Å²) < 4.78 is 10.3. The van der Waals surface area contributed by atoms with E-state index in [1.807, 2.05) is 67.6 Å². The van der Waals surface area contributed by atoms with E-state index in [0.717, 1.165) is 24.0 Å². The van der Waals surface area contributed by atoms with Gasteiger partial charge in [-0.05, 0) is 17.5 Å². The van der Waals surface area contributed by atoms with E-state index in [1.54, 1.807) is 0 Å². The first-order chi connectivity index (χ1) is 13.7. The molecule has 0 saturated carbocycles. The molecular formula is C21H25N3O4. The molecule has 0 bridgehead atoms.